The summed E-state index contributed by atoms with van der Waals surface area (Å²) >= 11 is 0. The summed E-state index contributed by atoms with van der Waals surface area (Å²) in [5.74, 6) is 1.75. The smallest absolute Gasteiger partial charge is 0.137 e. The first-order valence-corrected chi connectivity index (χ1v) is 12.7. The summed E-state index contributed by atoms with van der Waals surface area (Å²) in [6.45, 7) is 8.77. The van der Waals surface area contributed by atoms with Crippen LogP contribution in [-0.4, -0.2) is 34.5 Å². The average molecular weight is 431 g/mol. The third kappa shape index (κ3) is 3.76. The van der Waals surface area contributed by atoms with Gasteiger partial charge in [0.05, 0.1) is 6.10 Å². The first kappa shape index (κ1) is 23.2. The van der Waals surface area contributed by atoms with Gasteiger partial charge in [-0.1, -0.05) is 39.3 Å². The number of fused-ring (bicyclic) bond motifs is 5. The fourth-order valence-corrected chi connectivity index (χ4v) is 8.22. The van der Waals surface area contributed by atoms with Crippen LogP contribution in [0.2, 0.25) is 0 Å². The Kier molecular flexibility index (Phi) is 6.28. The number of carbonyl (C=O) groups excluding carboxylic acids is 2. The van der Waals surface area contributed by atoms with Gasteiger partial charge in [0.25, 0.3) is 0 Å². The van der Waals surface area contributed by atoms with Crippen LogP contribution in [-0.2, 0) is 9.59 Å². The zero-order valence-electron chi connectivity index (χ0n) is 19.9. The summed E-state index contributed by atoms with van der Waals surface area (Å²) < 4.78 is 0. The van der Waals surface area contributed by atoms with Crippen LogP contribution in [0.5, 0.6) is 0 Å². The van der Waals surface area contributed by atoms with Crippen molar-refractivity contribution in [1.82, 2.24) is 0 Å². The number of aliphatic hydroxyl groups excluding tert-OH is 2. The molecule has 0 heterocycles. The number of rotatable bonds is 6. The lowest BCUT2D eigenvalue weighted by Gasteiger charge is -2.58. The molecule has 9 atom stereocenters. The van der Waals surface area contributed by atoms with Gasteiger partial charge in [-0.2, -0.15) is 0 Å². The van der Waals surface area contributed by atoms with E-state index in [2.05, 4.69) is 19.9 Å². The topological polar surface area (TPSA) is 74.6 Å². The molecule has 0 bridgehead atoms. The second-order valence-electron chi connectivity index (χ2n) is 11.9. The molecule has 4 rings (SSSR count). The summed E-state index contributed by atoms with van der Waals surface area (Å²) in [5, 5.41) is 19.5. The molecule has 0 aromatic carbocycles. The van der Waals surface area contributed by atoms with E-state index in [1.807, 2.05) is 13.8 Å². The first-order valence-electron chi connectivity index (χ1n) is 12.7. The molecule has 0 amide bonds. The average Bonchev–Trinajstić information content (AvgIpc) is 3.01. The van der Waals surface area contributed by atoms with Gasteiger partial charge in [0.2, 0.25) is 0 Å². The Labute approximate surface area is 187 Å². The molecule has 0 aliphatic heterocycles. The van der Waals surface area contributed by atoms with E-state index in [1.54, 1.807) is 0 Å². The van der Waals surface area contributed by atoms with Gasteiger partial charge in [-0.15, -0.1) is 0 Å². The van der Waals surface area contributed by atoms with Crippen molar-refractivity contribution in [3.8, 4) is 0 Å². The highest BCUT2D eigenvalue weighted by Crippen LogP contribution is 2.66. The Bertz CT molecular complexity index is 756. The molecule has 31 heavy (non-hydrogen) atoms. The molecular formula is C27H42O4. The van der Waals surface area contributed by atoms with Crippen molar-refractivity contribution in [3.05, 3.63) is 11.6 Å². The number of ketones is 2. The monoisotopic (exact) mass is 430 g/mol. The molecule has 0 saturated heterocycles. The zero-order chi connectivity index (χ0) is 22.6. The highest BCUT2D eigenvalue weighted by Gasteiger charge is 2.62. The van der Waals surface area contributed by atoms with Gasteiger partial charge in [0.1, 0.15) is 11.6 Å². The fraction of sp³-hybridized carbons (Fsp3) is 0.852. The molecular weight excluding hydrogens is 388 g/mol. The van der Waals surface area contributed by atoms with Crippen LogP contribution >= 0.6 is 0 Å². The van der Waals surface area contributed by atoms with E-state index >= 15 is 0 Å². The van der Waals surface area contributed by atoms with Crippen LogP contribution in [0.3, 0.4) is 0 Å². The van der Waals surface area contributed by atoms with E-state index in [9.17, 15) is 19.8 Å². The van der Waals surface area contributed by atoms with Gasteiger partial charge >= 0.3 is 0 Å². The lowest BCUT2D eigenvalue weighted by atomic mass is 9.47. The summed E-state index contributed by atoms with van der Waals surface area (Å²) in [7, 11) is 0. The van der Waals surface area contributed by atoms with Crippen LogP contribution in [0.1, 0.15) is 85.5 Å². The molecule has 2 N–H and O–H groups in total. The maximum Gasteiger partial charge on any atom is 0.137 e. The molecule has 0 aromatic rings. The van der Waals surface area contributed by atoms with Crippen LogP contribution in [0.15, 0.2) is 11.6 Å². The van der Waals surface area contributed by atoms with Crippen molar-refractivity contribution in [2.45, 2.75) is 91.6 Å². The Morgan fingerprint density at radius 3 is 2.61 bits per heavy atom. The van der Waals surface area contributed by atoms with E-state index in [1.165, 1.54) is 5.57 Å². The Morgan fingerprint density at radius 1 is 1.16 bits per heavy atom. The third-order valence-corrected chi connectivity index (χ3v) is 10.2. The van der Waals surface area contributed by atoms with Crippen molar-refractivity contribution in [2.75, 3.05) is 6.61 Å². The molecule has 4 heteroatoms. The number of aliphatic hydroxyl groups is 2. The van der Waals surface area contributed by atoms with Gasteiger partial charge in [0, 0.05) is 31.3 Å². The summed E-state index contributed by atoms with van der Waals surface area (Å²) in [5.41, 5.74) is 1.55. The lowest BCUT2D eigenvalue weighted by molar-refractivity contribution is -0.134. The minimum atomic E-state index is -0.222. The number of hydrogen-bond acceptors (Lipinski definition) is 4. The van der Waals surface area contributed by atoms with E-state index < -0.39 is 0 Å². The summed E-state index contributed by atoms with van der Waals surface area (Å²) in [4.78, 5) is 26.3. The molecule has 174 valence electrons. The molecule has 0 radical (unpaired) electrons. The second-order valence-corrected chi connectivity index (χ2v) is 11.9. The van der Waals surface area contributed by atoms with E-state index in [4.69, 9.17) is 0 Å². The Hall–Kier alpha value is -1.00. The highest BCUT2D eigenvalue weighted by atomic mass is 16.3. The van der Waals surface area contributed by atoms with Crippen LogP contribution in [0, 0.1) is 46.3 Å². The third-order valence-electron chi connectivity index (χ3n) is 10.2. The molecule has 4 nitrogen and oxygen atoms in total. The Balaban J connectivity index is 1.54. The van der Waals surface area contributed by atoms with Gasteiger partial charge in [-0.05, 0) is 79.4 Å². The first-order chi connectivity index (χ1) is 14.6. The minimum absolute atomic E-state index is 0.0776. The molecule has 4 aliphatic carbocycles. The number of Topliss-reactive ketones (excluding diaryl/α,β-unsaturated/α-hetero) is 2. The number of allylic oxidation sites excluding steroid dienone is 1. The van der Waals surface area contributed by atoms with Crippen molar-refractivity contribution in [2.24, 2.45) is 46.3 Å². The van der Waals surface area contributed by atoms with Gasteiger partial charge in [-0.25, -0.2) is 0 Å². The molecule has 3 fully saturated rings. The largest absolute Gasteiger partial charge is 0.396 e. The van der Waals surface area contributed by atoms with Crippen molar-refractivity contribution in [3.63, 3.8) is 0 Å². The van der Waals surface area contributed by atoms with E-state index in [-0.39, 0.29) is 47.1 Å². The highest BCUT2D eigenvalue weighted by molar-refractivity contribution is 5.92. The van der Waals surface area contributed by atoms with Gasteiger partial charge < -0.3 is 10.2 Å². The molecule has 0 aromatic heterocycles. The molecule has 3 saturated carbocycles. The maximum absolute atomic E-state index is 13.3. The zero-order valence-corrected chi connectivity index (χ0v) is 19.9. The number of carbonyl (C=O) groups is 2. The minimum Gasteiger partial charge on any atom is -0.396 e. The van der Waals surface area contributed by atoms with Crippen molar-refractivity contribution >= 4 is 11.6 Å². The van der Waals surface area contributed by atoms with E-state index in [0.717, 1.165) is 38.5 Å². The fourth-order valence-electron chi connectivity index (χ4n) is 8.22. The molecule has 0 spiro atoms. The predicted octanol–water partition coefficient (Wildman–Crippen LogP) is 4.72. The van der Waals surface area contributed by atoms with Crippen LogP contribution in [0.25, 0.3) is 0 Å². The second kappa shape index (κ2) is 8.41. The van der Waals surface area contributed by atoms with Crippen LogP contribution in [0.4, 0.5) is 0 Å². The summed E-state index contributed by atoms with van der Waals surface area (Å²) in [6.07, 6.45) is 9.96. The van der Waals surface area contributed by atoms with Crippen molar-refractivity contribution < 1.29 is 19.8 Å². The maximum atomic E-state index is 13.3. The van der Waals surface area contributed by atoms with E-state index in [0.29, 0.717) is 42.8 Å². The molecule has 4 aliphatic rings. The predicted molar refractivity (Wildman–Crippen MR) is 121 cm³/mol. The van der Waals surface area contributed by atoms with Gasteiger partial charge in [-0.3, -0.25) is 9.59 Å². The molecule has 3 unspecified atom stereocenters. The number of hydrogen-bond donors (Lipinski definition) is 2. The summed E-state index contributed by atoms with van der Waals surface area (Å²) in [6, 6.07) is 0. The van der Waals surface area contributed by atoms with Crippen molar-refractivity contribution in [1.29, 1.82) is 0 Å². The standard InChI is InChI=1S/C27H42O4/c1-16(15-28)5-8-23(30)17(2)25-24(31)14-22-20-7-6-18-13-19(29)9-11-26(18,3)21(20)10-12-27(22,25)4/h6,16-17,19-22,25,28-29H,5,7-15H2,1-4H3/t16-,17-,19+,20?,21?,22?,25+,26+,27+/m1/s1. The van der Waals surface area contributed by atoms with Gasteiger partial charge in [0.15, 0.2) is 0 Å². The van der Waals surface area contributed by atoms with Crippen LogP contribution < -0.4 is 0 Å². The SMILES string of the molecule is C[C@@H](CO)CCC(=O)[C@@H](C)[C@H]1C(=O)CC2C3CC=C4C[C@@H](O)CC[C@]4(C)C3CC[C@@]21C. The quantitative estimate of drug-likeness (QED) is 0.598. The normalized spacial score (nSPS) is 44.0. The lowest BCUT2D eigenvalue weighted by Crippen LogP contribution is -2.51. The Morgan fingerprint density at radius 2 is 1.90 bits per heavy atom.